The summed E-state index contributed by atoms with van der Waals surface area (Å²) >= 11 is 0. The Hall–Kier alpha value is -3.51. The molecule has 2 amide bonds. The first kappa shape index (κ1) is 20.4. The van der Waals surface area contributed by atoms with Crippen LogP contribution in [0.1, 0.15) is 15.9 Å². The van der Waals surface area contributed by atoms with Gasteiger partial charge in [-0.05, 0) is 34.9 Å². The van der Waals surface area contributed by atoms with E-state index in [2.05, 4.69) is 0 Å². The second-order valence-electron chi connectivity index (χ2n) is 8.19. The predicted molar refractivity (Wildman–Crippen MR) is 118 cm³/mol. The van der Waals surface area contributed by atoms with Crippen LogP contribution >= 0.6 is 0 Å². The lowest BCUT2D eigenvalue weighted by Gasteiger charge is -2.36. The molecule has 0 bridgehead atoms. The van der Waals surface area contributed by atoms with Crippen LogP contribution in [0.3, 0.4) is 0 Å². The van der Waals surface area contributed by atoms with Crippen LogP contribution in [0, 0.1) is 5.82 Å². The molecular weight excluding hydrogens is 407 g/mol. The van der Waals surface area contributed by atoms with Gasteiger partial charge in [0.05, 0.1) is 12.1 Å². The summed E-state index contributed by atoms with van der Waals surface area (Å²) in [6.45, 7) is 1.19. The molecule has 2 heterocycles. The quantitative estimate of drug-likeness (QED) is 0.634. The second kappa shape index (κ2) is 8.55. The highest BCUT2D eigenvalue weighted by molar-refractivity contribution is 6.01. The summed E-state index contributed by atoms with van der Waals surface area (Å²) in [5.41, 5.74) is 3.35. The van der Waals surface area contributed by atoms with Crippen LogP contribution in [-0.4, -0.2) is 53.5 Å². The normalized spacial score (nSPS) is 20.3. The van der Waals surface area contributed by atoms with E-state index in [1.54, 1.807) is 21.9 Å². The van der Waals surface area contributed by atoms with E-state index in [0.717, 1.165) is 16.7 Å². The van der Waals surface area contributed by atoms with Crippen molar-refractivity contribution >= 4 is 11.8 Å². The number of likely N-dealkylation sites (tertiary alicyclic amines) is 1. The van der Waals surface area contributed by atoms with Crippen molar-refractivity contribution in [1.29, 1.82) is 0 Å². The van der Waals surface area contributed by atoms with E-state index in [1.807, 2.05) is 54.6 Å². The van der Waals surface area contributed by atoms with Gasteiger partial charge in [-0.3, -0.25) is 9.59 Å². The SMILES string of the molecule is O=C(c1ccccc1-c1ccccc1)N1C[C@@H]2OCC(=O)N(Cc3ccc(F)cc3)[C@H]2C1. The third-order valence-corrected chi connectivity index (χ3v) is 6.17. The highest BCUT2D eigenvalue weighted by Crippen LogP contribution is 2.29. The third-order valence-electron chi connectivity index (χ3n) is 6.17. The fourth-order valence-corrected chi connectivity index (χ4v) is 4.53. The van der Waals surface area contributed by atoms with Crippen molar-refractivity contribution in [2.75, 3.05) is 19.7 Å². The Morgan fingerprint density at radius 2 is 1.66 bits per heavy atom. The number of hydrogen-bond donors (Lipinski definition) is 0. The van der Waals surface area contributed by atoms with Crippen LogP contribution in [0.2, 0.25) is 0 Å². The van der Waals surface area contributed by atoms with Crippen LogP contribution in [0.15, 0.2) is 78.9 Å². The smallest absolute Gasteiger partial charge is 0.254 e. The van der Waals surface area contributed by atoms with Crippen molar-refractivity contribution in [2.24, 2.45) is 0 Å². The number of benzene rings is 3. The molecule has 2 aliphatic heterocycles. The molecule has 5 rings (SSSR count). The van der Waals surface area contributed by atoms with E-state index < -0.39 is 0 Å². The molecule has 3 aromatic carbocycles. The summed E-state index contributed by atoms with van der Waals surface area (Å²) in [5.74, 6) is -0.499. The topological polar surface area (TPSA) is 49.9 Å². The zero-order valence-corrected chi connectivity index (χ0v) is 17.5. The molecule has 6 heteroatoms. The van der Waals surface area contributed by atoms with Crippen molar-refractivity contribution in [1.82, 2.24) is 9.80 Å². The minimum absolute atomic E-state index is 0.00893. The molecule has 2 aliphatic rings. The van der Waals surface area contributed by atoms with Gasteiger partial charge in [-0.25, -0.2) is 4.39 Å². The van der Waals surface area contributed by atoms with Gasteiger partial charge in [0.1, 0.15) is 12.4 Å². The monoisotopic (exact) mass is 430 g/mol. The van der Waals surface area contributed by atoms with Gasteiger partial charge >= 0.3 is 0 Å². The summed E-state index contributed by atoms with van der Waals surface area (Å²) < 4.78 is 19.1. The first-order valence-electron chi connectivity index (χ1n) is 10.7. The lowest BCUT2D eigenvalue weighted by atomic mass is 9.99. The first-order chi connectivity index (χ1) is 15.6. The number of nitrogens with zero attached hydrogens (tertiary/aromatic N) is 2. The van der Waals surface area contributed by atoms with Crippen molar-refractivity contribution < 1.29 is 18.7 Å². The van der Waals surface area contributed by atoms with E-state index in [0.29, 0.717) is 25.2 Å². The second-order valence-corrected chi connectivity index (χ2v) is 8.19. The molecule has 0 unspecified atom stereocenters. The highest BCUT2D eigenvalue weighted by atomic mass is 19.1. The van der Waals surface area contributed by atoms with Gasteiger partial charge in [-0.1, -0.05) is 60.7 Å². The van der Waals surface area contributed by atoms with E-state index in [9.17, 15) is 14.0 Å². The van der Waals surface area contributed by atoms with Crippen LogP contribution in [0.4, 0.5) is 4.39 Å². The van der Waals surface area contributed by atoms with Gasteiger partial charge in [0.15, 0.2) is 0 Å². The number of carbonyl (C=O) groups is 2. The summed E-state index contributed by atoms with van der Waals surface area (Å²) in [6.07, 6.45) is -0.235. The maximum atomic E-state index is 13.5. The van der Waals surface area contributed by atoms with Crippen molar-refractivity contribution in [3.63, 3.8) is 0 Å². The Labute approximate surface area is 186 Å². The van der Waals surface area contributed by atoms with Crippen molar-refractivity contribution in [3.8, 4) is 11.1 Å². The summed E-state index contributed by atoms with van der Waals surface area (Å²) in [7, 11) is 0. The number of fused-ring (bicyclic) bond motifs is 1. The van der Waals surface area contributed by atoms with Crippen LogP contribution in [0.25, 0.3) is 11.1 Å². The van der Waals surface area contributed by atoms with E-state index in [1.165, 1.54) is 12.1 Å². The Bertz CT molecular complexity index is 1130. The molecule has 0 aromatic heterocycles. The van der Waals surface area contributed by atoms with Gasteiger partial charge in [0.25, 0.3) is 5.91 Å². The van der Waals surface area contributed by atoms with Crippen molar-refractivity contribution in [3.05, 3.63) is 95.8 Å². The third kappa shape index (κ3) is 3.89. The maximum Gasteiger partial charge on any atom is 0.254 e. The Kier molecular flexibility index (Phi) is 5.45. The van der Waals surface area contributed by atoms with Gasteiger partial charge in [-0.15, -0.1) is 0 Å². The van der Waals surface area contributed by atoms with Gasteiger partial charge < -0.3 is 14.5 Å². The number of carbonyl (C=O) groups excluding carboxylic acids is 2. The highest BCUT2D eigenvalue weighted by Gasteiger charge is 2.44. The lowest BCUT2D eigenvalue weighted by molar-refractivity contribution is -0.153. The number of hydrogen-bond acceptors (Lipinski definition) is 3. The summed E-state index contributed by atoms with van der Waals surface area (Å²) in [5, 5.41) is 0. The molecule has 2 atom stereocenters. The molecule has 0 N–H and O–H groups in total. The zero-order chi connectivity index (χ0) is 22.1. The molecule has 0 radical (unpaired) electrons. The summed E-state index contributed by atoms with van der Waals surface area (Å²) in [6, 6.07) is 23.3. The molecular formula is C26H23FN2O3. The standard InChI is InChI=1S/C26H23FN2O3/c27-20-12-10-18(11-13-20)14-29-23-15-28(16-24(23)32-17-25(29)30)26(31)22-9-5-4-8-21(22)19-6-2-1-3-7-19/h1-13,23-24H,14-17H2/t23-,24-/m0/s1. The zero-order valence-electron chi connectivity index (χ0n) is 17.5. The number of morpholine rings is 1. The average Bonchev–Trinajstić information content (AvgIpc) is 3.27. The van der Waals surface area contributed by atoms with Crippen LogP contribution in [0.5, 0.6) is 0 Å². The predicted octanol–water partition coefficient (Wildman–Crippen LogP) is 3.74. The molecule has 0 spiro atoms. The fraction of sp³-hybridized carbons (Fsp3) is 0.231. The molecule has 32 heavy (non-hydrogen) atoms. The molecule has 2 fully saturated rings. The van der Waals surface area contributed by atoms with Gasteiger partial charge in [-0.2, -0.15) is 0 Å². The number of rotatable bonds is 4. The number of ether oxygens (including phenoxy) is 1. The van der Waals surface area contributed by atoms with E-state index >= 15 is 0 Å². The minimum Gasteiger partial charge on any atom is -0.364 e. The fourth-order valence-electron chi connectivity index (χ4n) is 4.53. The number of halogens is 1. The molecule has 2 saturated heterocycles. The molecule has 0 aliphatic carbocycles. The maximum absolute atomic E-state index is 13.5. The Morgan fingerprint density at radius 1 is 0.938 bits per heavy atom. The summed E-state index contributed by atoms with van der Waals surface area (Å²) in [4.78, 5) is 29.6. The molecule has 0 saturated carbocycles. The lowest BCUT2D eigenvalue weighted by Crippen LogP contribution is -2.53. The minimum atomic E-state index is -0.311. The molecule has 162 valence electrons. The Morgan fingerprint density at radius 3 is 2.44 bits per heavy atom. The van der Waals surface area contributed by atoms with Crippen molar-refractivity contribution in [2.45, 2.75) is 18.7 Å². The molecule has 3 aromatic rings. The average molecular weight is 430 g/mol. The Balaban J connectivity index is 1.38. The van der Waals surface area contributed by atoms with Gasteiger partial charge in [0, 0.05) is 25.2 Å². The van der Waals surface area contributed by atoms with E-state index in [-0.39, 0.29) is 36.4 Å². The van der Waals surface area contributed by atoms with Crippen LogP contribution in [-0.2, 0) is 16.1 Å². The number of amides is 2. The largest absolute Gasteiger partial charge is 0.364 e. The first-order valence-corrected chi connectivity index (χ1v) is 10.7. The molecule has 5 nitrogen and oxygen atoms in total. The van der Waals surface area contributed by atoms with Gasteiger partial charge in [0.2, 0.25) is 5.91 Å². The van der Waals surface area contributed by atoms with E-state index in [4.69, 9.17) is 4.74 Å². The van der Waals surface area contributed by atoms with Crippen LogP contribution < -0.4 is 0 Å².